The lowest BCUT2D eigenvalue weighted by molar-refractivity contribution is -0.127. The molecule has 33 heavy (non-hydrogen) atoms. The number of piperidine rings is 1. The normalized spacial score (nSPS) is 18.1. The summed E-state index contributed by atoms with van der Waals surface area (Å²) in [6.45, 7) is 10.8. The van der Waals surface area contributed by atoms with Crippen LogP contribution in [0.2, 0.25) is 0 Å². The molecule has 1 aliphatic heterocycles. The van der Waals surface area contributed by atoms with Crippen LogP contribution < -0.4 is 5.32 Å². The molecule has 1 fully saturated rings. The summed E-state index contributed by atoms with van der Waals surface area (Å²) in [5.41, 5.74) is 3.45. The molecule has 0 saturated carbocycles. The number of rotatable bonds is 6. The maximum absolute atomic E-state index is 12.9. The second kappa shape index (κ2) is 9.87. The van der Waals surface area contributed by atoms with Crippen molar-refractivity contribution < 1.29 is 9.32 Å². The molecule has 2 heterocycles. The average Bonchev–Trinajstić information content (AvgIpc) is 3.28. The Kier molecular flexibility index (Phi) is 6.94. The molecule has 6 nitrogen and oxygen atoms in total. The van der Waals surface area contributed by atoms with Crippen molar-refractivity contribution in [2.24, 2.45) is 5.92 Å². The van der Waals surface area contributed by atoms with Crippen molar-refractivity contribution in [3.05, 3.63) is 71.6 Å². The highest BCUT2D eigenvalue weighted by molar-refractivity contribution is 5.79. The molecule has 0 radical (unpaired) electrons. The molecule has 174 valence electrons. The molecule has 1 amide bonds. The Labute approximate surface area is 196 Å². The molecular formula is C27H34N4O2. The minimum atomic E-state index is -0.0303. The van der Waals surface area contributed by atoms with Gasteiger partial charge in [-0.05, 0) is 42.9 Å². The van der Waals surface area contributed by atoms with Gasteiger partial charge in [-0.2, -0.15) is 4.98 Å². The molecule has 0 bridgehead atoms. The van der Waals surface area contributed by atoms with E-state index in [4.69, 9.17) is 4.52 Å². The van der Waals surface area contributed by atoms with Gasteiger partial charge in [0.05, 0.1) is 18.5 Å². The number of carbonyl (C=O) groups is 1. The van der Waals surface area contributed by atoms with Crippen LogP contribution in [-0.2, 0) is 16.8 Å². The number of amides is 1. The van der Waals surface area contributed by atoms with Gasteiger partial charge >= 0.3 is 0 Å². The van der Waals surface area contributed by atoms with E-state index >= 15 is 0 Å². The molecule has 6 heteroatoms. The first-order valence-electron chi connectivity index (χ1n) is 11.8. The maximum atomic E-state index is 12.9. The third kappa shape index (κ3) is 5.88. The van der Waals surface area contributed by atoms with E-state index < -0.39 is 0 Å². The van der Waals surface area contributed by atoms with Crippen LogP contribution in [0.1, 0.15) is 63.6 Å². The van der Waals surface area contributed by atoms with Gasteiger partial charge in [0.1, 0.15) is 0 Å². The summed E-state index contributed by atoms with van der Waals surface area (Å²) in [7, 11) is 0. The number of aromatic nitrogens is 2. The molecule has 0 spiro atoms. The van der Waals surface area contributed by atoms with Crippen molar-refractivity contribution in [2.75, 3.05) is 13.1 Å². The van der Waals surface area contributed by atoms with E-state index in [9.17, 15) is 4.79 Å². The fourth-order valence-electron chi connectivity index (χ4n) is 4.32. The van der Waals surface area contributed by atoms with Gasteiger partial charge in [-0.3, -0.25) is 9.69 Å². The number of nitrogens with one attached hydrogen (secondary N) is 1. The SMILES string of the molecule is CC(NC(=O)C1CCCN(Cc2nc(-c3ccc(C(C)(C)C)cc3)no2)C1)c1ccccc1. The zero-order valence-electron chi connectivity index (χ0n) is 20.0. The zero-order valence-corrected chi connectivity index (χ0v) is 20.0. The summed E-state index contributed by atoms with van der Waals surface area (Å²) in [5.74, 6) is 1.27. The van der Waals surface area contributed by atoms with Crippen molar-refractivity contribution in [1.82, 2.24) is 20.4 Å². The number of likely N-dealkylation sites (tertiary alicyclic amines) is 1. The zero-order chi connectivity index (χ0) is 23.4. The van der Waals surface area contributed by atoms with E-state index in [-0.39, 0.29) is 23.3 Å². The predicted molar refractivity (Wildman–Crippen MR) is 129 cm³/mol. The van der Waals surface area contributed by atoms with Gasteiger partial charge in [0.15, 0.2) is 0 Å². The number of nitrogens with zero attached hydrogens (tertiary/aromatic N) is 3. The fraction of sp³-hybridized carbons (Fsp3) is 0.444. The predicted octanol–water partition coefficient (Wildman–Crippen LogP) is 5.12. The smallest absolute Gasteiger partial charge is 0.241 e. The lowest BCUT2D eigenvalue weighted by atomic mass is 9.87. The molecule has 2 aromatic carbocycles. The Morgan fingerprint density at radius 3 is 2.58 bits per heavy atom. The van der Waals surface area contributed by atoms with E-state index in [1.54, 1.807) is 0 Å². The minimum absolute atomic E-state index is 0.00255. The summed E-state index contributed by atoms with van der Waals surface area (Å²) in [6.07, 6.45) is 1.88. The van der Waals surface area contributed by atoms with Gasteiger partial charge in [0, 0.05) is 12.1 Å². The van der Waals surface area contributed by atoms with E-state index in [0.717, 1.165) is 30.5 Å². The van der Waals surface area contributed by atoms with E-state index in [1.807, 2.05) is 49.4 Å². The number of benzene rings is 2. The first-order valence-corrected chi connectivity index (χ1v) is 11.8. The fourth-order valence-corrected chi connectivity index (χ4v) is 4.32. The number of hydrogen-bond donors (Lipinski definition) is 1. The van der Waals surface area contributed by atoms with Crippen LogP contribution in [0.15, 0.2) is 59.1 Å². The maximum Gasteiger partial charge on any atom is 0.241 e. The highest BCUT2D eigenvalue weighted by Gasteiger charge is 2.28. The van der Waals surface area contributed by atoms with Gasteiger partial charge in [0.2, 0.25) is 17.6 Å². The molecule has 1 aromatic heterocycles. The molecule has 1 aliphatic rings. The van der Waals surface area contributed by atoms with Crippen LogP contribution >= 0.6 is 0 Å². The lowest BCUT2D eigenvalue weighted by Gasteiger charge is -2.31. The first-order chi connectivity index (χ1) is 15.8. The van der Waals surface area contributed by atoms with Crippen LogP contribution in [0.3, 0.4) is 0 Å². The van der Waals surface area contributed by atoms with E-state index in [1.165, 1.54) is 5.56 Å². The molecule has 1 saturated heterocycles. The first kappa shape index (κ1) is 23.2. The molecule has 4 rings (SSSR count). The topological polar surface area (TPSA) is 71.3 Å². The van der Waals surface area contributed by atoms with Crippen molar-refractivity contribution in [3.63, 3.8) is 0 Å². The minimum Gasteiger partial charge on any atom is -0.349 e. The molecule has 0 aliphatic carbocycles. The summed E-state index contributed by atoms with van der Waals surface area (Å²) < 4.78 is 5.53. The largest absolute Gasteiger partial charge is 0.349 e. The standard InChI is InChI=1S/C27H34N4O2/c1-19(20-9-6-5-7-10-20)28-26(32)22-11-8-16-31(17-22)18-24-29-25(30-33-24)21-12-14-23(15-13-21)27(2,3)4/h5-7,9-10,12-15,19,22H,8,11,16-18H2,1-4H3,(H,28,32). The van der Waals surface area contributed by atoms with Crippen molar-refractivity contribution >= 4 is 5.91 Å². The Hall–Kier alpha value is -2.99. The van der Waals surface area contributed by atoms with Crippen LogP contribution in [0.5, 0.6) is 0 Å². The summed E-state index contributed by atoms with van der Waals surface area (Å²) in [5, 5.41) is 7.35. The Bertz CT molecular complexity index is 1050. The van der Waals surface area contributed by atoms with Crippen LogP contribution in [0.4, 0.5) is 0 Å². The van der Waals surface area contributed by atoms with E-state index in [0.29, 0.717) is 24.8 Å². The van der Waals surface area contributed by atoms with Gasteiger partial charge in [-0.15, -0.1) is 0 Å². The summed E-state index contributed by atoms with van der Waals surface area (Å²) >= 11 is 0. The van der Waals surface area contributed by atoms with E-state index in [2.05, 4.69) is 53.3 Å². The molecule has 3 aromatic rings. The Morgan fingerprint density at radius 1 is 1.15 bits per heavy atom. The van der Waals surface area contributed by atoms with Crippen molar-refractivity contribution in [1.29, 1.82) is 0 Å². The number of hydrogen-bond acceptors (Lipinski definition) is 5. The second-order valence-corrected chi connectivity index (χ2v) is 10.1. The van der Waals surface area contributed by atoms with Crippen molar-refractivity contribution in [2.45, 2.75) is 58.5 Å². The molecular weight excluding hydrogens is 412 g/mol. The van der Waals surface area contributed by atoms with Crippen LogP contribution in [-0.4, -0.2) is 34.0 Å². The second-order valence-electron chi connectivity index (χ2n) is 10.1. The van der Waals surface area contributed by atoms with Gasteiger partial charge in [-0.1, -0.05) is 80.5 Å². The summed E-state index contributed by atoms with van der Waals surface area (Å²) in [6, 6.07) is 18.4. The third-order valence-corrected chi connectivity index (χ3v) is 6.37. The molecule has 1 N–H and O–H groups in total. The van der Waals surface area contributed by atoms with Gasteiger partial charge in [0.25, 0.3) is 0 Å². The number of carbonyl (C=O) groups excluding carboxylic acids is 1. The summed E-state index contributed by atoms with van der Waals surface area (Å²) in [4.78, 5) is 19.7. The molecule has 2 atom stereocenters. The highest BCUT2D eigenvalue weighted by atomic mass is 16.5. The average molecular weight is 447 g/mol. The van der Waals surface area contributed by atoms with Crippen LogP contribution in [0, 0.1) is 5.92 Å². The van der Waals surface area contributed by atoms with Crippen molar-refractivity contribution in [3.8, 4) is 11.4 Å². The highest BCUT2D eigenvalue weighted by Crippen LogP contribution is 2.26. The quantitative estimate of drug-likeness (QED) is 0.569. The Balaban J connectivity index is 1.34. The third-order valence-electron chi connectivity index (χ3n) is 6.37. The lowest BCUT2D eigenvalue weighted by Crippen LogP contribution is -2.43. The van der Waals surface area contributed by atoms with Gasteiger partial charge in [-0.25, -0.2) is 0 Å². The van der Waals surface area contributed by atoms with Crippen LogP contribution in [0.25, 0.3) is 11.4 Å². The molecule has 2 unspecified atom stereocenters. The monoisotopic (exact) mass is 446 g/mol. The van der Waals surface area contributed by atoms with Gasteiger partial charge < -0.3 is 9.84 Å². The Morgan fingerprint density at radius 2 is 1.88 bits per heavy atom.